The molecule has 1 aliphatic heterocycles. The van der Waals surface area contributed by atoms with Gasteiger partial charge >= 0.3 is 0 Å². The normalized spacial score (nSPS) is 13.4. The topological polar surface area (TPSA) is 45.2 Å². The summed E-state index contributed by atoms with van der Waals surface area (Å²) in [4.78, 5) is 18.2. The highest BCUT2D eigenvalue weighted by molar-refractivity contribution is 5.53. The Morgan fingerprint density at radius 3 is 2.65 bits per heavy atom. The highest BCUT2D eigenvalue weighted by Gasteiger charge is 2.23. The molecule has 0 saturated heterocycles. The van der Waals surface area contributed by atoms with Crippen LogP contribution in [0.15, 0.2) is 55.0 Å². The molecule has 0 unspecified atom stereocenters. The smallest absolute Gasteiger partial charge is 0.137 e. The zero-order valence-corrected chi connectivity index (χ0v) is 15.3. The lowest BCUT2D eigenvalue weighted by molar-refractivity contribution is 0.690. The lowest BCUT2D eigenvalue weighted by Crippen LogP contribution is -2.33. The van der Waals surface area contributed by atoms with Crippen LogP contribution in [0, 0.1) is 6.92 Å². The maximum absolute atomic E-state index is 4.60. The molecule has 132 valence electrons. The third-order valence-electron chi connectivity index (χ3n) is 4.82. The van der Waals surface area contributed by atoms with Gasteiger partial charge in [0, 0.05) is 44.9 Å². The number of anilines is 2. The van der Waals surface area contributed by atoms with E-state index in [1.807, 2.05) is 12.3 Å². The van der Waals surface area contributed by atoms with E-state index in [0.29, 0.717) is 0 Å². The van der Waals surface area contributed by atoms with Gasteiger partial charge in [-0.25, -0.2) is 15.0 Å². The standard InChI is InChI=1S/C21H23N5/c1-16-8-9-20(22-12-16)26-11-10-19-18(14-26)21(24-15-23-19)25(2)13-17-6-4-3-5-7-17/h3-9,12,15H,10-11,13-14H2,1-2H3. The van der Waals surface area contributed by atoms with E-state index in [1.54, 1.807) is 6.33 Å². The number of rotatable bonds is 4. The van der Waals surface area contributed by atoms with Gasteiger partial charge in [-0.1, -0.05) is 36.4 Å². The molecule has 0 atom stereocenters. The number of nitrogens with zero attached hydrogens (tertiary/aromatic N) is 5. The summed E-state index contributed by atoms with van der Waals surface area (Å²) in [5, 5.41) is 0. The summed E-state index contributed by atoms with van der Waals surface area (Å²) in [6.07, 6.45) is 4.53. The lowest BCUT2D eigenvalue weighted by atomic mass is 10.1. The molecule has 0 amide bonds. The van der Waals surface area contributed by atoms with Crippen molar-refractivity contribution in [2.45, 2.75) is 26.4 Å². The molecule has 3 heterocycles. The Bertz CT molecular complexity index is 877. The molecule has 5 nitrogen and oxygen atoms in total. The van der Waals surface area contributed by atoms with Crippen molar-refractivity contribution in [2.75, 3.05) is 23.4 Å². The molecule has 26 heavy (non-hydrogen) atoms. The Morgan fingerprint density at radius 1 is 1.04 bits per heavy atom. The first-order chi connectivity index (χ1) is 12.7. The molecular formula is C21H23N5. The largest absolute Gasteiger partial charge is 0.355 e. The fourth-order valence-corrected chi connectivity index (χ4v) is 3.43. The average Bonchev–Trinajstić information content (AvgIpc) is 2.68. The molecule has 1 aromatic carbocycles. The van der Waals surface area contributed by atoms with Crippen molar-refractivity contribution in [3.63, 3.8) is 0 Å². The second-order valence-corrected chi connectivity index (χ2v) is 6.83. The van der Waals surface area contributed by atoms with Gasteiger partial charge in [-0.2, -0.15) is 0 Å². The molecular weight excluding hydrogens is 322 g/mol. The van der Waals surface area contributed by atoms with Gasteiger partial charge in [-0.3, -0.25) is 0 Å². The molecule has 1 aliphatic rings. The fourth-order valence-electron chi connectivity index (χ4n) is 3.43. The number of pyridine rings is 1. The first kappa shape index (κ1) is 16.5. The summed E-state index contributed by atoms with van der Waals surface area (Å²) in [7, 11) is 2.10. The van der Waals surface area contributed by atoms with Crippen LogP contribution >= 0.6 is 0 Å². The lowest BCUT2D eigenvalue weighted by Gasteiger charge is -2.32. The van der Waals surface area contributed by atoms with Crippen LogP contribution in [-0.4, -0.2) is 28.5 Å². The van der Waals surface area contributed by atoms with Crippen LogP contribution in [0.2, 0.25) is 0 Å². The summed E-state index contributed by atoms with van der Waals surface area (Å²) in [6.45, 7) is 4.61. The second kappa shape index (κ2) is 7.12. The van der Waals surface area contributed by atoms with Crippen LogP contribution < -0.4 is 9.80 Å². The van der Waals surface area contributed by atoms with E-state index in [4.69, 9.17) is 0 Å². The molecule has 5 heteroatoms. The molecule has 4 rings (SSSR count). The van der Waals surface area contributed by atoms with Gasteiger partial charge < -0.3 is 9.80 Å². The monoisotopic (exact) mass is 345 g/mol. The molecule has 0 saturated carbocycles. The van der Waals surface area contributed by atoms with Crippen molar-refractivity contribution in [1.82, 2.24) is 15.0 Å². The Labute approximate surface area is 154 Å². The first-order valence-corrected chi connectivity index (χ1v) is 8.96. The van der Waals surface area contributed by atoms with Gasteiger partial charge in [-0.05, 0) is 24.1 Å². The van der Waals surface area contributed by atoms with E-state index in [2.05, 4.69) is 75.1 Å². The highest BCUT2D eigenvalue weighted by atomic mass is 15.2. The van der Waals surface area contributed by atoms with Gasteiger partial charge in [0.05, 0.1) is 5.69 Å². The molecule has 0 spiro atoms. The third kappa shape index (κ3) is 3.38. The van der Waals surface area contributed by atoms with E-state index >= 15 is 0 Å². The summed E-state index contributed by atoms with van der Waals surface area (Å²) >= 11 is 0. The molecule has 0 radical (unpaired) electrons. The Hall–Kier alpha value is -2.95. The van der Waals surface area contributed by atoms with Crippen LogP contribution in [0.3, 0.4) is 0 Å². The van der Waals surface area contributed by atoms with Gasteiger partial charge in [0.15, 0.2) is 0 Å². The Balaban J connectivity index is 1.60. The number of hydrogen-bond acceptors (Lipinski definition) is 5. The summed E-state index contributed by atoms with van der Waals surface area (Å²) in [6, 6.07) is 14.7. The molecule has 3 aromatic rings. The minimum absolute atomic E-state index is 0.792. The average molecular weight is 345 g/mol. The van der Waals surface area contributed by atoms with Crippen LogP contribution in [0.5, 0.6) is 0 Å². The predicted molar refractivity (Wildman–Crippen MR) is 104 cm³/mol. The van der Waals surface area contributed by atoms with Crippen LogP contribution in [0.4, 0.5) is 11.6 Å². The molecule has 2 aromatic heterocycles. The summed E-state index contributed by atoms with van der Waals surface area (Å²) in [5.41, 5.74) is 4.81. The Kier molecular flexibility index (Phi) is 4.52. The summed E-state index contributed by atoms with van der Waals surface area (Å²) < 4.78 is 0. The van der Waals surface area contributed by atoms with Crippen molar-refractivity contribution in [1.29, 1.82) is 0 Å². The van der Waals surface area contributed by atoms with Crippen molar-refractivity contribution in [3.05, 3.63) is 77.4 Å². The maximum atomic E-state index is 4.60. The highest BCUT2D eigenvalue weighted by Crippen LogP contribution is 2.28. The van der Waals surface area contributed by atoms with Crippen LogP contribution in [0.1, 0.15) is 22.4 Å². The number of aryl methyl sites for hydroxylation is 1. The van der Waals surface area contributed by atoms with Crippen LogP contribution in [0.25, 0.3) is 0 Å². The van der Waals surface area contributed by atoms with E-state index in [-0.39, 0.29) is 0 Å². The molecule has 0 aliphatic carbocycles. The van der Waals surface area contributed by atoms with E-state index in [9.17, 15) is 0 Å². The van der Waals surface area contributed by atoms with Crippen molar-refractivity contribution in [3.8, 4) is 0 Å². The first-order valence-electron chi connectivity index (χ1n) is 8.96. The van der Waals surface area contributed by atoms with Gasteiger partial charge in [0.1, 0.15) is 18.0 Å². The van der Waals surface area contributed by atoms with Crippen molar-refractivity contribution < 1.29 is 0 Å². The van der Waals surface area contributed by atoms with Gasteiger partial charge in [0.25, 0.3) is 0 Å². The minimum Gasteiger partial charge on any atom is -0.355 e. The zero-order valence-electron chi connectivity index (χ0n) is 15.3. The van der Waals surface area contributed by atoms with Gasteiger partial charge in [0.2, 0.25) is 0 Å². The van der Waals surface area contributed by atoms with Crippen molar-refractivity contribution in [2.24, 2.45) is 0 Å². The van der Waals surface area contributed by atoms with E-state index in [1.165, 1.54) is 16.7 Å². The molecule has 0 N–H and O–H groups in total. The van der Waals surface area contributed by atoms with Crippen molar-refractivity contribution >= 4 is 11.6 Å². The number of aromatic nitrogens is 3. The zero-order chi connectivity index (χ0) is 17.9. The fraction of sp³-hybridized carbons (Fsp3) is 0.286. The second-order valence-electron chi connectivity index (χ2n) is 6.83. The SMILES string of the molecule is Cc1ccc(N2CCc3ncnc(N(C)Cc4ccccc4)c3C2)nc1. The van der Waals surface area contributed by atoms with E-state index in [0.717, 1.165) is 43.4 Å². The number of fused-ring (bicyclic) bond motifs is 1. The summed E-state index contributed by atoms with van der Waals surface area (Å²) in [5.74, 6) is 2.03. The minimum atomic E-state index is 0.792. The number of hydrogen-bond donors (Lipinski definition) is 0. The predicted octanol–water partition coefficient (Wildman–Crippen LogP) is 3.38. The van der Waals surface area contributed by atoms with Gasteiger partial charge in [-0.15, -0.1) is 0 Å². The molecule has 0 bridgehead atoms. The third-order valence-corrected chi connectivity index (χ3v) is 4.82. The molecule has 0 fully saturated rings. The number of benzene rings is 1. The van der Waals surface area contributed by atoms with Crippen LogP contribution in [-0.2, 0) is 19.5 Å². The van der Waals surface area contributed by atoms with E-state index < -0.39 is 0 Å². The maximum Gasteiger partial charge on any atom is 0.137 e. The Morgan fingerprint density at radius 2 is 1.88 bits per heavy atom. The quantitative estimate of drug-likeness (QED) is 0.725.